The lowest BCUT2D eigenvalue weighted by atomic mass is 9.89. The summed E-state index contributed by atoms with van der Waals surface area (Å²) in [6.45, 7) is 5.01. The molecule has 2 N–H and O–H groups in total. The van der Waals surface area contributed by atoms with Crippen molar-refractivity contribution >= 4 is 11.4 Å². The van der Waals surface area contributed by atoms with Gasteiger partial charge in [-0.3, -0.25) is 0 Å². The lowest BCUT2D eigenvalue weighted by molar-refractivity contribution is 0.130. The van der Waals surface area contributed by atoms with Crippen LogP contribution in [0.1, 0.15) is 29.0 Å². The Bertz CT molecular complexity index is 825. The Balaban J connectivity index is 1.48. The van der Waals surface area contributed by atoms with Crippen molar-refractivity contribution in [2.45, 2.75) is 31.5 Å². The first-order valence-corrected chi connectivity index (χ1v) is 9.50. The molecule has 2 aromatic rings. The highest BCUT2D eigenvalue weighted by Crippen LogP contribution is 2.47. The Labute approximate surface area is 153 Å². The third-order valence-corrected chi connectivity index (χ3v) is 5.93. The molecule has 2 atom stereocenters. The summed E-state index contributed by atoms with van der Waals surface area (Å²) in [5.74, 6) is 0.371. The quantitative estimate of drug-likeness (QED) is 0.888. The fourth-order valence-corrected chi connectivity index (χ4v) is 4.73. The highest BCUT2D eigenvalue weighted by Gasteiger charge is 2.41. The molecular formula is C21H24FN3O. The van der Waals surface area contributed by atoms with Crippen molar-refractivity contribution in [1.82, 2.24) is 5.32 Å². The van der Waals surface area contributed by atoms with E-state index in [1.165, 1.54) is 29.3 Å². The number of hydrogen-bond donors (Lipinski definition) is 2. The Morgan fingerprint density at radius 2 is 2.19 bits per heavy atom. The van der Waals surface area contributed by atoms with Crippen LogP contribution in [0.4, 0.5) is 15.8 Å². The lowest BCUT2D eigenvalue weighted by Crippen LogP contribution is -2.44. The summed E-state index contributed by atoms with van der Waals surface area (Å²) in [5, 5.41) is 6.98. The van der Waals surface area contributed by atoms with E-state index >= 15 is 0 Å². The maximum absolute atomic E-state index is 13.9. The molecule has 3 aliphatic rings. The molecule has 2 aromatic carbocycles. The van der Waals surface area contributed by atoms with Crippen molar-refractivity contribution in [3.05, 3.63) is 58.9 Å². The van der Waals surface area contributed by atoms with Gasteiger partial charge in [0.1, 0.15) is 5.82 Å². The molecular weight excluding hydrogens is 329 g/mol. The summed E-state index contributed by atoms with van der Waals surface area (Å²) in [6, 6.07) is 12.0. The number of nitrogens with one attached hydrogen (secondary N) is 2. The molecule has 4 nitrogen and oxygen atoms in total. The van der Waals surface area contributed by atoms with Gasteiger partial charge in [-0.15, -0.1) is 0 Å². The smallest absolute Gasteiger partial charge is 0.128 e. The Hall–Kier alpha value is -2.11. The topological polar surface area (TPSA) is 36.5 Å². The number of hydrogen-bond acceptors (Lipinski definition) is 4. The molecule has 0 bridgehead atoms. The van der Waals surface area contributed by atoms with Gasteiger partial charge in [-0.2, -0.15) is 0 Å². The van der Waals surface area contributed by atoms with E-state index in [1.54, 1.807) is 6.07 Å². The van der Waals surface area contributed by atoms with Crippen LogP contribution in [0.2, 0.25) is 0 Å². The van der Waals surface area contributed by atoms with E-state index in [0.29, 0.717) is 30.7 Å². The van der Waals surface area contributed by atoms with Gasteiger partial charge in [-0.1, -0.05) is 18.2 Å². The molecule has 0 spiro atoms. The molecule has 26 heavy (non-hydrogen) atoms. The van der Waals surface area contributed by atoms with Gasteiger partial charge in [0, 0.05) is 54.1 Å². The van der Waals surface area contributed by atoms with Crippen LogP contribution in [-0.4, -0.2) is 32.3 Å². The van der Waals surface area contributed by atoms with Crippen molar-refractivity contribution in [2.24, 2.45) is 0 Å². The Kier molecular flexibility index (Phi) is 4.06. The van der Waals surface area contributed by atoms with Gasteiger partial charge in [0.25, 0.3) is 0 Å². The first-order valence-electron chi connectivity index (χ1n) is 9.50. The average Bonchev–Trinajstić information content (AvgIpc) is 2.83. The molecule has 0 aromatic heterocycles. The van der Waals surface area contributed by atoms with Crippen LogP contribution in [-0.2, 0) is 17.9 Å². The van der Waals surface area contributed by atoms with E-state index in [-0.39, 0.29) is 5.82 Å². The summed E-state index contributed by atoms with van der Waals surface area (Å²) in [6.07, 6.45) is 1.18. The van der Waals surface area contributed by atoms with Gasteiger partial charge in [-0.05, 0) is 36.7 Å². The van der Waals surface area contributed by atoms with Crippen LogP contribution in [0, 0.1) is 5.82 Å². The molecule has 1 fully saturated rings. The van der Waals surface area contributed by atoms with E-state index in [9.17, 15) is 4.39 Å². The average molecular weight is 353 g/mol. The molecule has 0 aliphatic carbocycles. The second kappa shape index (κ2) is 6.56. The van der Waals surface area contributed by atoms with Crippen LogP contribution in [0.15, 0.2) is 36.4 Å². The molecule has 5 heteroatoms. The highest BCUT2D eigenvalue weighted by molar-refractivity contribution is 5.72. The minimum atomic E-state index is -0.162. The molecule has 0 unspecified atom stereocenters. The number of piperidine rings is 1. The van der Waals surface area contributed by atoms with E-state index in [0.717, 1.165) is 31.9 Å². The fraction of sp³-hybridized carbons (Fsp3) is 0.429. The fourth-order valence-electron chi connectivity index (χ4n) is 4.73. The van der Waals surface area contributed by atoms with Gasteiger partial charge in [0.15, 0.2) is 0 Å². The Morgan fingerprint density at radius 3 is 3.12 bits per heavy atom. The van der Waals surface area contributed by atoms with E-state index in [2.05, 4.69) is 27.7 Å². The van der Waals surface area contributed by atoms with Crippen molar-refractivity contribution in [3.63, 3.8) is 0 Å². The van der Waals surface area contributed by atoms with E-state index < -0.39 is 0 Å². The SMILES string of the molecule is Fc1ccccc1CNc1cc2c3c(c1)[C@@H]1CNCC[C@@H]1N3CCOC2. The van der Waals surface area contributed by atoms with Gasteiger partial charge < -0.3 is 20.3 Å². The van der Waals surface area contributed by atoms with Crippen LogP contribution < -0.4 is 15.5 Å². The molecule has 5 rings (SSSR count). The monoisotopic (exact) mass is 353 g/mol. The molecule has 3 aliphatic heterocycles. The summed E-state index contributed by atoms with van der Waals surface area (Å²) < 4.78 is 19.8. The summed E-state index contributed by atoms with van der Waals surface area (Å²) >= 11 is 0. The van der Waals surface area contributed by atoms with E-state index in [1.807, 2.05) is 12.1 Å². The normalized spacial score (nSPS) is 24.0. The number of ether oxygens (including phenoxy) is 1. The maximum Gasteiger partial charge on any atom is 0.128 e. The molecule has 136 valence electrons. The predicted molar refractivity (Wildman–Crippen MR) is 101 cm³/mol. The standard InChI is InChI=1S/C21H24FN3O/c22-19-4-2-1-3-14(19)11-24-16-9-15-13-26-8-7-25-20-5-6-23-12-18(20)17(10-16)21(15)25/h1-4,9-10,18,20,23-24H,5-8,11-13H2/t18-,20-/m0/s1. The van der Waals surface area contributed by atoms with Crippen LogP contribution in [0.25, 0.3) is 0 Å². The minimum Gasteiger partial charge on any atom is -0.381 e. The number of benzene rings is 2. The van der Waals surface area contributed by atoms with Crippen molar-refractivity contribution in [3.8, 4) is 0 Å². The summed E-state index contributed by atoms with van der Waals surface area (Å²) in [7, 11) is 0. The van der Waals surface area contributed by atoms with Gasteiger partial charge in [0.05, 0.1) is 13.2 Å². The van der Waals surface area contributed by atoms with Crippen molar-refractivity contribution in [1.29, 1.82) is 0 Å². The zero-order valence-electron chi connectivity index (χ0n) is 14.8. The van der Waals surface area contributed by atoms with Crippen LogP contribution in [0.5, 0.6) is 0 Å². The molecule has 3 heterocycles. The Morgan fingerprint density at radius 1 is 1.27 bits per heavy atom. The van der Waals surface area contributed by atoms with Crippen molar-refractivity contribution < 1.29 is 9.13 Å². The van der Waals surface area contributed by atoms with Crippen LogP contribution in [0.3, 0.4) is 0 Å². The molecule has 1 saturated heterocycles. The number of nitrogens with zero attached hydrogens (tertiary/aromatic N) is 1. The highest BCUT2D eigenvalue weighted by atomic mass is 19.1. The summed E-state index contributed by atoms with van der Waals surface area (Å²) in [5.41, 5.74) is 5.80. The zero-order chi connectivity index (χ0) is 17.5. The summed E-state index contributed by atoms with van der Waals surface area (Å²) in [4.78, 5) is 2.57. The first kappa shape index (κ1) is 16.1. The van der Waals surface area contributed by atoms with Crippen molar-refractivity contribution in [2.75, 3.05) is 36.5 Å². The van der Waals surface area contributed by atoms with E-state index in [4.69, 9.17) is 4.74 Å². The second-order valence-electron chi connectivity index (χ2n) is 7.43. The first-order chi connectivity index (χ1) is 12.8. The third kappa shape index (κ3) is 2.66. The van der Waals surface area contributed by atoms with Gasteiger partial charge >= 0.3 is 0 Å². The lowest BCUT2D eigenvalue weighted by Gasteiger charge is -2.33. The zero-order valence-corrected chi connectivity index (χ0v) is 14.8. The second-order valence-corrected chi connectivity index (χ2v) is 7.43. The molecule has 0 radical (unpaired) electrons. The third-order valence-electron chi connectivity index (χ3n) is 5.93. The number of fused-ring (bicyclic) bond motifs is 3. The number of halogens is 1. The van der Waals surface area contributed by atoms with Gasteiger partial charge in [0.2, 0.25) is 0 Å². The molecule has 0 amide bonds. The van der Waals surface area contributed by atoms with Crippen LogP contribution >= 0.6 is 0 Å². The maximum atomic E-state index is 13.9. The number of anilines is 2. The largest absolute Gasteiger partial charge is 0.381 e. The molecule has 0 saturated carbocycles. The van der Waals surface area contributed by atoms with Gasteiger partial charge in [-0.25, -0.2) is 4.39 Å². The predicted octanol–water partition coefficient (Wildman–Crippen LogP) is 3.23. The minimum absolute atomic E-state index is 0.162. The number of rotatable bonds is 3.